The van der Waals surface area contributed by atoms with E-state index >= 15 is 0 Å². The van der Waals surface area contributed by atoms with Crippen molar-refractivity contribution in [2.24, 2.45) is 0 Å². The van der Waals surface area contributed by atoms with Crippen LogP contribution in [0.2, 0.25) is 0 Å². The van der Waals surface area contributed by atoms with Gasteiger partial charge in [-0.25, -0.2) is 0 Å². The molecule has 1 N–H and O–H groups in total. The Bertz CT molecular complexity index is 533. The molecule has 1 aromatic carbocycles. The van der Waals surface area contributed by atoms with Crippen LogP contribution in [0.5, 0.6) is 0 Å². The van der Waals surface area contributed by atoms with Gasteiger partial charge in [0.2, 0.25) is 0 Å². The molecule has 1 aromatic heterocycles. The molecule has 4 heteroatoms. The summed E-state index contributed by atoms with van der Waals surface area (Å²) in [5.74, 6) is -0.705. The number of thiophene rings is 1. The monoisotopic (exact) mass is 298 g/mol. The Morgan fingerprint density at radius 2 is 2.31 bits per heavy atom. The lowest BCUT2D eigenvalue weighted by Crippen LogP contribution is -2.02. The molecule has 2 aromatic rings. The van der Waals surface area contributed by atoms with Crippen LogP contribution in [-0.2, 0) is 4.79 Å². The molecule has 84 valence electrons. The second-order valence-electron chi connectivity index (χ2n) is 3.80. The van der Waals surface area contributed by atoms with Gasteiger partial charge in [-0.1, -0.05) is 28.9 Å². The summed E-state index contributed by atoms with van der Waals surface area (Å²) in [4.78, 5) is 10.7. The maximum atomic E-state index is 10.7. The van der Waals surface area contributed by atoms with Gasteiger partial charge in [0.1, 0.15) is 0 Å². The van der Waals surface area contributed by atoms with Crippen LogP contribution >= 0.6 is 27.3 Å². The molecule has 0 saturated heterocycles. The summed E-state index contributed by atoms with van der Waals surface area (Å²) < 4.78 is 2.24. The third-order valence-electron chi connectivity index (χ3n) is 2.59. The molecular weight excluding hydrogens is 288 g/mol. The number of aliphatic carboxylic acids is 1. The third-order valence-corrected chi connectivity index (χ3v) is 4.22. The highest BCUT2D eigenvalue weighted by atomic mass is 79.9. The fourth-order valence-electron chi connectivity index (χ4n) is 1.80. The van der Waals surface area contributed by atoms with Crippen LogP contribution in [0.3, 0.4) is 0 Å². The van der Waals surface area contributed by atoms with E-state index in [0.29, 0.717) is 0 Å². The Hall–Kier alpha value is -0.870. The zero-order chi connectivity index (χ0) is 11.7. The van der Waals surface area contributed by atoms with Gasteiger partial charge in [-0.2, -0.15) is 0 Å². The number of benzene rings is 1. The van der Waals surface area contributed by atoms with E-state index in [-0.39, 0.29) is 12.3 Å². The number of carboxylic acid groups (broad SMARTS) is 1. The van der Waals surface area contributed by atoms with Crippen molar-refractivity contribution in [1.29, 1.82) is 0 Å². The molecule has 1 atom stereocenters. The van der Waals surface area contributed by atoms with Crippen molar-refractivity contribution in [3.05, 3.63) is 33.6 Å². The zero-order valence-corrected chi connectivity index (χ0v) is 11.1. The Labute approximate surface area is 106 Å². The molecule has 1 unspecified atom stereocenters. The van der Waals surface area contributed by atoms with E-state index in [1.165, 1.54) is 4.70 Å². The first-order valence-corrected chi connectivity index (χ1v) is 6.64. The molecule has 2 rings (SSSR count). The molecule has 0 spiro atoms. The highest BCUT2D eigenvalue weighted by Crippen LogP contribution is 2.37. The third kappa shape index (κ3) is 2.13. The second kappa shape index (κ2) is 4.55. The van der Waals surface area contributed by atoms with Gasteiger partial charge in [-0.05, 0) is 29.0 Å². The summed E-state index contributed by atoms with van der Waals surface area (Å²) in [6.07, 6.45) is 0.174. The van der Waals surface area contributed by atoms with E-state index in [1.807, 2.05) is 19.1 Å². The Kier molecular flexibility index (Phi) is 3.30. The van der Waals surface area contributed by atoms with Crippen LogP contribution < -0.4 is 0 Å². The Morgan fingerprint density at radius 1 is 1.56 bits per heavy atom. The van der Waals surface area contributed by atoms with E-state index in [4.69, 9.17) is 5.11 Å². The average molecular weight is 299 g/mol. The van der Waals surface area contributed by atoms with Crippen LogP contribution in [0, 0.1) is 0 Å². The fourth-order valence-corrected chi connectivity index (χ4v) is 3.64. The van der Waals surface area contributed by atoms with Crippen LogP contribution in [0.15, 0.2) is 28.1 Å². The number of carbonyl (C=O) groups is 1. The smallest absolute Gasteiger partial charge is 0.303 e. The maximum absolute atomic E-state index is 10.7. The summed E-state index contributed by atoms with van der Waals surface area (Å²) >= 11 is 5.18. The molecule has 0 fully saturated rings. The quantitative estimate of drug-likeness (QED) is 0.920. The van der Waals surface area contributed by atoms with Crippen LogP contribution in [0.25, 0.3) is 10.1 Å². The highest BCUT2D eigenvalue weighted by molar-refractivity contribution is 9.10. The highest BCUT2D eigenvalue weighted by Gasteiger charge is 2.15. The van der Waals surface area contributed by atoms with E-state index in [0.717, 1.165) is 15.4 Å². The van der Waals surface area contributed by atoms with Crippen LogP contribution in [0.1, 0.15) is 24.8 Å². The number of rotatable bonds is 3. The lowest BCUT2D eigenvalue weighted by Gasteiger charge is -2.08. The van der Waals surface area contributed by atoms with Gasteiger partial charge in [0.15, 0.2) is 0 Å². The molecule has 0 aliphatic rings. The summed E-state index contributed by atoms with van der Waals surface area (Å²) in [5.41, 5.74) is 1.12. The summed E-state index contributed by atoms with van der Waals surface area (Å²) in [6, 6.07) is 6.04. The lowest BCUT2D eigenvalue weighted by molar-refractivity contribution is -0.137. The van der Waals surface area contributed by atoms with Crippen molar-refractivity contribution in [3.8, 4) is 0 Å². The normalized spacial score (nSPS) is 12.9. The van der Waals surface area contributed by atoms with Crippen molar-refractivity contribution < 1.29 is 9.90 Å². The molecular formula is C12H11BrO2S. The average Bonchev–Trinajstić information content (AvgIpc) is 2.61. The predicted octanol–water partition coefficient (Wildman–Crippen LogP) is 4.24. The number of halogens is 1. The van der Waals surface area contributed by atoms with Crippen molar-refractivity contribution in [2.45, 2.75) is 19.3 Å². The summed E-state index contributed by atoms with van der Waals surface area (Å²) in [6.45, 7) is 1.95. The Morgan fingerprint density at radius 3 is 3.00 bits per heavy atom. The minimum absolute atomic E-state index is 0.0463. The summed E-state index contributed by atoms with van der Waals surface area (Å²) in [7, 11) is 0. The molecule has 0 saturated carbocycles. The van der Waals surface area contributed by atoms with Crippen molar-refractivity contribution >= 4 is 43.3 Å². The molecule has 2 nitrogen and oxygen atoms in total. The van der Waals surface area contributed by atoms with Gasteiger partial charge in [0, 0.05) is 14.6 Å². The molecule has 0 radical (unpaired) electrons. The van der Waals surface area contributed by atoms with E-state index in [1.54, 1.807) is 11.3 Å². The van der Waals surface area contributed by atoms with E-state index in [9.17, 15) is 4.79 Å². The number of hydrogen-bond acceptors (Lipinski definition) is 2. The van der Waals surface area contributed by atoms with Crippen molar-refractivity contribution in [3.63, 3.8) is 0 Å². The van der Waals surface area contributed by atoms with Crippen LogP contribution in [0.4, 0.5) is 0 Å². The van der Waals surface area contributed by atoms with E-state index < -0.39 is 5.97 Å². The molecule has 0 aliphatic heterocycles. The zero-order valence-electron chi connectivity index (χ0n) is 8.74. The molecule has 0 aliphatic carbocycles. The molecule has 16 heavy (non-hydrogen) atoms. The molecule has 0 bridgehead atoms. The first-order chi connectivity index (χ1) is 7.59. The molecule has 0 amide bonds. The van der Waals surface area contributed by atoms with Gasteiger partial charge in [0.05, 0.1) is 6.42 Å². The predicted molar refractivity (Wildman–Crippen MR) is 70.2 cm³/mol. The minimum Gasteiger partial charge on any atom is -0.481 e. The number of carboxylic acids is 1. The van der Waals surface area contributed by atoms with Gasteiger partial charge >= 0.3 is 5.97 Å². The lowest BCUT2D eigenvalue weighted by atomic mass is 9.97. The topological polar surface area (TPSA) is 37.3 Å². The first-order valence-electron chi connectivity index (χ1n) is 4.97. The van der Waals surface area contributed by atoms with Gasteiger partial charge in [-0.3, -0.25) is 4.79 Å². The van der Waals surface area contributed by atoms with Gasteiger partial charge in [-0.15, -0.1) is 11.3 Å². The first kappa shape index (κ1) is 11.6. The summed E-state index contributed by atoms with van der Waals surface area (Å²) in [5, 5.41) is 12.0. The maximum Gasteiger partial charge on any atom is 0.303 e. The fraction of sp³-hybridized carbons (Fsp3) is 0.250. The van der Waals surface area contributed by atoms with Gasteiger partial charge in [0.25, 0.3) is 0 Å². The van der Waals surface area contributed by atoms with Crippen molar-refractivity contribution in [2.75, 3.05) is 0 Å². The standard InChI is InChI=1S/C12H11BrO2S/c1-7(5-11(14)15)8-6-16-10-4-2-3-9(13)12(8)10/h2-4,6-7H,5H2,1H3,(H,14,15). The van der Waals surface area contributed by atoms with Gasteiger partial charge < -0.3 is 5.11 Å². The van der Waals surface area contributed by atoms with Crippen molar-refractivity contribution in [1.82, 2.24) is 0 Å². The largest absolute Gasteiger partial charge is 0.481 e. The number of hydrogen-bond donors (Lipinski definition) is 1. The van der Waals surface area contributed by atoms with Crippen LogP contribution in [-0.4, -0.2) is 11.1 Å². The minimum atomic E-state index is -0.751. The SMILES string of the molecule is CC(CC(=O)O)c1csc2cccc(Br)c12. The molecule has 1 heterocycles. The number of fused-ring (bicyclic) bond motifs is 1. The van der Waals surface area contributed by atoms with E-state index in [2.05, 4.69) is 27.4 Å². The Balaban J connectivity index is 2.48. The second-order valence-corrected chi connectivity index (χ2v) is 5.57.